The molecule has 3 amide bonds. The van der Waals surface area contributed by atoms with Crippen molar-refractivity contribution in [3.63, 3.8) is 0 Å². The van der Waals surface area contributed by atoms with Crippen molar-refractivity contribution in [1.29, 1.82) is 0 Å². The number of carbonyl (C=O) groups excluding carboxylic acids is 3. The van der Waals surface area contributed by atoms with Crippen molar-refractivity contribution in [2.45, 2.75) is 39.3 Å². The Hall–Kier alpha value is -5.20. The van der Waals surface area contributed by atoms with E-state index in [0.29, 0.717) is 42.3 Å². The molecule has 3 aliphatic rings. The maximum Gasteiger partial charge on any atom is 0.410 e. The Labute approximate surface area is 258 Å². The summed E-state index contributed by atoms with van der Waals surface area (Å²) in [6, 6.07) is 13.4. The van der Waals surface area contributed by atoms with Crippen molar-refractivity contribution in [2.75, 3.05) is 26.2 Å². The average Bonchev–Trinajstić information content (AvgIpc) is 3.32. The highest BCUT2D eigenvalue weighted by Gasteiger charge is 2.54. The van der Waals surface area contributed by atoms with Gasteiger partial charge in [-0.3, -0.25) is 9.59 Å². The summed E-state index contributed by atoms with van der Waals surface area (Å²) in [5, 5.41) is 18.3. The van der Waals surface area contributed by atoms with E-state index in [4.69, 9.17) is 9.47 Å². The first-order valence-corrected chi connectivity index (χ1v) is 14.8. The van der Waals surface area contributed by atoms with Gasteiger partial charge in [-0.05, 0) is 49.4 Å². The molecule has 0 atom stereocenters. The highest BCUT2D eigenvalue weighted by molar-refractivity contribution is 6.07. The number of aliphatic hydroxyl groups is 1. The monoisotopic (exact) mass is 616 g/mol. The summed E-state index contributed by atoms with van der Waals surface area (Å²) in [6.07, 6.45) is 3.37. The molecule has 1 saturated heterocycles. The second-order valence-electron chi connectivity index (χ2n) is 11.2. The number of hydrogen-bond acceptors (Lipinski definition) is 8. The highest BCUT2D eigenvalue weighted by Crippen LogP contribution is 2.51. The Morgan fingerprint density at radius 1 is 1.13 bits per heavy atom. The summed E-state index contributed by atoms with van der Waals surface area (Å²) in [5.74, 6) is -1.94. The van der Waals surface area contributed by atoms with Crippen molar-refractivity contribution in [3.05, 3.63) is 101 Å². The second kappa shape index (κ2) is 12.4. The fourth-order valence-electron chi connectivity index (χ4n) is 6.20. The van der Waals surface area contributed by atoms with Crippen LogP contribution in [0.2, 0.25) is 0 Å². The Morgan fingerprint density at radius 3 is 2.64 bits per heavy atom. The van der Waals surface area contributed by atoms with Crippen molar-refractivity contribution in [1.82, 2.24) is 29.9 Å². The molecule has 0 bridgehead atoms. The van der Waals surface area contributed by atoms with Gasteiger partial charge in [0.15, 0.2) is 5.76 Å². The number of allylic oxidation sites excluding steroid dienone is 1. The van der Waals surface area contributed by atoms with Crippen LogP contribution < -0.4 is 5.32 Å². The lowest BCUT2D eigenvalue weighted by atomic mass is 9.67. The third-order valence-electron chi connectivity index (χ3n) is 8.52. The van der Waals surface area contributed by atoms with Crippen LogP contribution in [0.25, 0.3) is 5.69 Å². The molecule has 1 spiro atoms. The van der Waals surface area contributed by atoms with E-state index in [-0.39, 0.29) is 44.7 Å². The molecular weight excluding hydrogens is 583 g/mol. The highest BCUT2D eigenvalue weighted by atomic mass is 19.1. The van der Waals surface area contributed by atoms with Gasteiger partial charge in [0.05, 0.1) is 29.0 Å². The first-order valence-electron chi connectivity index (χ1n) is 14.8. The molecule has 1 aromatic heterocycles. The predicted molar refractivity (Wildman–Crippen MR) is 158 cm³/mol. The number of aromatic nitrogens is 3. The molecule has 0 unspecified atom stereocenters. The van der Waals surface area contributed by atoms with Crippen LogP contribution in [0.5, 0.6) is 0 Å². The molecule has 13 heteroatoms. The number of hydrogen-bond donors (Lipinski definition) is 2. The number of likely N-dealkylation sites (tertiary alicyclic amines) is 1. The molecule has 0 aliphatic carbocycles. The molecule has 12 nitrogen and oxygen atoms in total. The minimum absolute atomic E-state index is 0.0496. The summed E-state index contributed by atoms with van der Waals surface area (Å²) in [5.41, 5.74) is 1.08. The first kappa shape index (κ1) is 29.9. The molecule has 1 fully saturated rings. The third kappa shape index (κ3) is 5.73. The van der Waals surface area contributed by atoms with Gasteiger partial charge in [0.2, 0.25) is 0 Å². The van der Waals surface area contributed by atoms with Crippen molar-refractivity contribution < 1.29 is 33.4 Å². The van der Waals surface area contributed by atoms with Crippen LogP contribution in [0.15, 0.2) is 78.1 Å². The van der Waals surface area contributed by atoms with Crippen LogP contribution in [0.4, 0.5) is 9.18 Å². The zero-order chi connectivity index (χ0) is 31.6. The van der Waals surface area contributed by atoms with E-state index < -0.39 is 34.9 Å². The van der Waals surface area contributed by atoms with Gasteiger partial charge in [0.1, 0.15) is 30.8 Å². The summed E-state index contributed by atoms with van der Waals surface area (Å²) in [6.45, 7) is 2.90. The molecule has 0 saturated carbocycles. The number of fused-ring (bicyclic) bond motifs is 2. The number of nitrogens with one attached hydrogen (secondary N) is 1. The molecule has 4 heterocycles. The van der Waals surface area contributed by atoms with Crippen LogP contribution >= 0.6 is 0 Å². The quantitative estimate of drug-likeness (QED) is 0.428. The fraction of sp³-hybridized carbons (Fsp3) is 0.344. The topological polar surface area (TPSA) is 139 Å². The van der Waals surface area contributed by atoms with Crippen LogP contribution in [0.3, 0.4) is 0 Å². The molecule has 45 heavy (non-hydrogen) atoms. The molecule has 0 radical (unpaired) electrons. The Morgan fingerprint density at radius 2 is 1.91 bits per heavy atom. The number of carbonyl (C=O) groups is 3. The molecule has 234 valence electrons. The number of rotatable bonds is 6. The number of piperidine rings is 1. The number of halogens is 1. The maximum atomic E-state index is 14.2. The zero-order valence-electron chi connectivity index (χ0n) is 24.7. The first-order chi connectivity index (χ1) is 21.8. The van der Waals surface area contributed by atoms with Crippen LogP contribution in [0.1, 0.15) is 36.2 Å². The fourth-order valence-corrected chi connectivity index (χ4v) is 6.20. The SMILES string of the molecule is Cc1ncnn1-c1cc(F)ccc1CNC(=O)C1=C(O)C(=O)N2CCCOC=C2C12CCN(C(=O)OCc1ccccc1)CC2. The Bertz CT molecular complexity index is 1680. The summed E-state index contributed by atoms with van der Waals surface area (Å²) in [4.78, 5) is 47.5. The second-order valence-corrected chi connectivity index (χ2v) is 11.2. The van der Waals surface area contributed by atoms with E-state index in [9.17, 15) is 23.9 Å². The minimum atomic E-state index is -1.11. The Balaban J connectivity index is 1.26. The summed E-state index contributed by atoms with van der Waals surface area (Å²) >= 11 is 0. The van der Waals surface area contributed by atoms with Gasteiger partial charge >= 0.3 is 6.09 Å². The predicted octanol–water partition coefficient (Wildman–Crippen LogP) is 3.67. The van der Waals surface area contributed by atoms with Gasteiger partial charge < -0.3 is 29.7 Å². The smallest absolute Gasteiger partial charge is 0.410 e. The normalized spacial score (nSPS) is 17.7. The van der Waals surface area contributed by atoms with Gasteiger partial charge in [0, 0.05) is 26.2 Å². The Kier molecular flexibility index (Phi) is 8.24. The number of aryl methyl sites for hydroxylation is 1. The number of aliphatic hydroxyl groups excluding tert-OH is 1. The van der Waals surface area contributed by atoms with Crippen molar-refractivity contribution in [3.8, 4) is 5.69 Å². The molecular formula is C32H33FN6O6. The molecule has 3 aliphatic heterocycles. The molecule has 2 N–H and O–H groups in total. The molecule has 3 aromatic rings. The van der Waals surface area contributed by atoms with E-state index >= 15 is 0 Å². The van der Waals surface area contributed by atoms with Crippen LogP contribution in [0, 0.1) is 18.2 Å². The van der Waals surface area contributed by atoms with Gasteiger partial charge in [-0.15, -0.1) is 0 Å². The third-order valence-corrected chi connectivity index (χ3v) is 8.52. The number of ether oxygens (including phenoxy) is 2. The molecule has 6 rings (SSSR count). The summed E-state index contributed by atoms with van der Waals surface area (Å²) in [7, 11) is 0. The lowest BCUT2D eigenvalue weighted by Crippen LogP contribution is -2.54. The van der Waals surface area contributed by atoms with E-state index in [1.165, 1.54) is 40.4 Å². The number of benzene rings is 2. The maximum absolute atomic E-state index is 14.2. The van der Waals surface area contributed by atoms with Gasteiger partial charge in [-0.1, -0.05) is 36.4 Å². The van der Waals surface area contributed by atoms with E-state index in [1.807, 2.05) is 30.3 Å². The van der Waals surface area contributed by atoms with Gasteiger partial charge in [0.25, 0.3) is 11.8 Å². The number of amides is 3. The lowest BCUT2D eigenvalue weighted by Gasteiger charge is -2.48. The largest absolute Gasteiger partial charge is 0.503 e. The van der Waals surface area contributed by atoms with Gasteiger partial charge in [-0.25, -0.2) is 18.9 Å². The van der Waals surface area contributed by atoms with E-state index in [1.54, 1.807) is 11.8 Å². The van der Waals surface area contributed by atoms with Gasteiger partial charge in [-0.2, -0.15) is 5.10 Å². The van der Waals surface area contributed by atoms with E-state index in [0.717, 1.165) is 5.56 Å². The lowest BCUT2D eigenvalue weighted by molar-refractivity contribution is -0.132. The average molecular weight is 617 g/mol. The number of nitrogens with zero attached hydrogens (tertiary/aromatic N) is 5. The van der Waals surface area contributed by atoms with Crippen LogP contribution in [-0.4, -0.2) is 73.8 Å². The van der Waals surface area contributed by atoms with E-state index in [2.05, 4.69) is 15.4 Å². The standard InChI is InChI=1S/C32H33FN6O6/c1-21-35-20-36-39(21)25-16-24(33)9-8-23(25)17-34-29(41)27-28(40)30(42)38-12-5-15-44-19-26(38)32(27)10-13-37(14-11-32)31(43)45-18-22-6-3-2-4-7-22/h2-4,6-9,16,19-20,40H,5,10-15,17-18H2,1H3,(H,34,41). The van der Waals surface area contributed by atoms with Crippen LogP contribution in [-0.2, 0) is 32.2 Å². The van der Waals surface area contributed by atoms with Crippen molar-refractivity contribution >= 4 is 17.9 Å². The zero-order valence-corrected chi connectivity index (χ0v) is 24.7. The molecule has 2 aromatic carbocycles. The van der Waals surface area contributed by atoms with Crippen molar-refractivity contribution in [2.24, 2.45) is 5.41 Å². The summed E-state index contributed by atoms with van der Waals surface area (Å²) < 4.78 is 26.9. The minimum Gasteiger partial charge on any atom is -0.503 e.